The van der Waals surface area contributed by atoms with Crippen molar-refractivity contribution in [2.45, 2.75) is 13.3 Å². The maximum atomic E-state index is 5.94. The fourth-order valence-electron chi connectivity index (χ4n) is 2.08. The normalized spacial score (nSPS) is 10.9. The van der Waals surface area contributed by atoms with Crippen LogP contribution in [-0.4, -0.2) is 5.16 Å². The first kappa shape index (κ1) is 13.0. The number of nitrogens with two attached hydrogens (primary N) is 1. The van der Waals surface area contributed by atoms with Crippen molar-refractivity contribution in [1.82, 2.24) is 5.16 Å². The lowest BCUT2D eigenvalue weighted by Crippen LogP contribution is -1.88. The summed E-state index contributed by atoms with van der Waals surface area (Å²) in [6.07, 6.45) is 0.829. The van der Waals surface area contributed by atoms with Gasteiger partial charge in [-0.15, -0.1) is 0 Å². The van der Waals surface area contributed by atoms with E-state index >= 15 is 0 Å². The van der Waals surface area contributed by atoms with E-state index in [1.165, 1.54) is 0 Å². The van der Waals surface area contributed by atoms with E-state index in [1.54, 1.807) is 0 Å². The highest BCUT2D eigenvalue weighted by Crippen LogP contribution is 2.38. The summed E-state index contributed by atoms with van der Waals surface area (Å²) >= 11 is 3.45. The molecule has 0 spiro atoms. The molecule has 1 aromatic carbocycles. The molecule has 102 valence electrons. The van der Waals surface area contributed by atoms with Crippen LogP contribution in [0.1, 0.15) is 12.7 Å². The number of aromatic nitrogens is 1. The largest absolute Gasteiger partial charge is 0.458 e. The maximum Gasteiger partial charge on any atom is 0.212 e. The van der Waals surface area contributed by atoms with E-state index in [2.05, 4.69) is 21.1 Å². The van der Waals surface area contributed by atoms with Gasteiger partial charge < -0.3 is 14.7 Å². The third-order valence-corrected chi connectivity index (χ3v) is 3.56. The number of furan rings is 1. The number of anilines is 1. The predicted molar refractivity (Wildman–Crippen MR) is 81.1 cm³/mol. The van der Waals surface area contributed by atoms with Gasteiger partial charge in [-0.25, -0.2) is 0 Å². The van der Waals surface area contributed by atoms with Gasteiger partial charge >= 0.3 is 0 Å². The molecule has 2 N–H and O–H groups in total. The molecule has 0 saturated carbocycles. The summed E-state index contributed by atoms with van der Waals surface area (Å²) in [5.74, 6) is 2.45. The predicted octanol–water partition coefficient (Wildman–Crippen LogP) is 4.51. The van der Waals surface area contributed by atoms with Crippen molar-refractivity contribution in [3.8, 4) is 22.6 Å². The average molecular weight is 333 g/mol. The molecule has 0 unspecified atom stereocenters. The smallest absolute Gasteiger partial charge is 0.212 e. The third-order valence-electron chi connectivity index (χ3n) is 3.07. The highest BCUT2D eigenvalue weighted by atomic mass is 79.9. The molecule has 5 heteroatoms. The Balaban J connectivity index is 2.14. The van der Waals surface area contributed by atoms with Crippen LogP contribution in [0, 0.1) is 0 Å². The zero-order valence-electron chi connectivity index (χ0n) is 10.9. The van der Waals surface area contributed by atoms with Gasteiger partial charge in [0.25, 0.3) is 0 Å². The summed E-state index contributed by atoms with van der Waals surface area (Å²) in [6.45, 7) is 2.03. The lowest BCUT2D eigenvalue weighted by atomic mass is 10.1. The maximum absolute atomic E-state index is 5.94. The molecule has 0 fully saturated rings. The summed E-state index contributed by atoms with van der Waals surface area (Å²) in [6, 6.07) is 11.6. The van der Waals surface area contributed by atoms with E-state index in [9.17, 15) is 0 Å². The lowest BCUT2D eigenvalue weighted by molar-refractivity contribution is 0.417. The summed E-state index contributed by atoms with van der Waals surface area (Å²) in [7, 11) is 0. The van der Waals surface area contributed by atoms with Gasteiger partial charge in [0.2, 0.25) is 5.76 Å². The number of nitrogen functional groups attached to an aromatic ring is 1. The van der Waals surface area contributed by atoms with Gasteiger partial charge in [0.05, 0.1) is 5.56 Å². The van der Waals surface area contributed by atoms with Crippen molar-refractivity contribution in [3.63, 3.8) is 0 Å². The molecule has 4 nitrogen and oxygen atoms in total. The zero-order valence-corrected chi connectivity index (χ0v) is 12.5. The second kappa shape index (κ2) is 5.17. The Hall–Kier alpha value is -2.01. The molecule has 0 bridgehead atoms. The van der Waals surface area contributed by atoms with E-state index in [0.717, 1.165) is 27.8 Å². The number of hydrogen-bond acceptors (Lipinski definition) is 4. The van der Waals surface area contributed by atoms with Crippen LogP contribution in [0.4, 0.5) is 5.82 Å². The molecule has 0 atom stereocenters. The first-order valence-corrected chi connectivity index (χ1v) is 7.08. The minimum absolute atomic E-state index is 0.354. The Morgan fingerprint density at radius 3 is 2.80 bits per heavy atom. The number of rotatable bonds is 3. The van der Waals surface area contributed by atoms with Crippen molar-refractivity contribution in [3.05, 3.63) is 46.6 Å². The number of nitrogens with zero attached hydrogens (tertiary/aromatic N) is 1. The Kier molecular flexibility index (Phi) is 3.36. The third kappa shape index (κ3) is 2.25. The number of benzene rings is 1. The molecule has 2 heterocycles. The van der Waals surface area contributed by atoms with Crippen LogP contribution >= 0.6 is 15.9 Å². The molecular weight excluding hydrogens is 320 g/mol. The summed E-state index contributed by atoms with van der Waals surface area (Å²) in [5.41, 5.74) is 7.62. The molecule has 20 heavy (non-hydrogen) atoms. The van der Waals surface area contributed by atoms with Crippen molar-refractivity contribution < 1.29 is 8.94 Å². The fraction of sp³-hybridized carbons (Fsp3) is 0.133. The second-order valence-electron chi connectivity index (χ2n) is 4.40. The lowest BCUT2D eigenvalue weighted by Gasteiger charge is -2.01. The average Bonchev–Trinajstić information content (AvgIpc) is 3.04. The summed E-state index contributed by atoms with van der Waals surface area (Å²) in [5, 5.41) is 3.86. The first-order valence-electron chi connectivity index (χ1n) is 6.29. The highest BCUT2D eigenvalue weighted by molar-refractivity contribution is 9.10. The molecule has 0 radical (unpaired) electrons. The van der Waals surface area contributed by atoms with E-state index in [4.69, 9.17) is 14.7 Å². The van der Waals surface area contributed by atoms with Gasteiger partial charge in [0.15, 0.2) is 11.6 Å². The number of aryl methyl sites for hydroxylation is 1. The Morgan fingerprint density at radius 2 is 2.10 bits per heavy atom. The standard InChI is InChI=1S/C15H13BrN2O2/c1-2-11-6-7-12(19-11)14-13(15(17)18-20-14)9-4-3-5-10(16)8-9/h3-8H,2H2,1H3,(H2,17,18). The van der Waals surface area contributed by atoms with Crippen LogP contribution in [0.3, 0.4) is 0 Å². The Labute approximate surface area is 124 Å². The van der Waals surface area contributed by atoms with Crippen molar-refractivity contribution >= 4 is 21.7 Å². The number of hydrogen-bond donors (Lipinski definition) is 1. The Morgan fingerprint density at radius 1 is 1.25 bits per heavy atom. The van der Waals surface area contributed by atoms with Gasteiger partial charge in [0.1, 0.15) is 5.76 Å². The van der Waals surface area contributed by atoms with Crippen LogP contribution in [0.15, 0.2) is 49.8 Å². The SMILES string of the molecule is CCc1ccc(-c2onc(N)c2-c2cccc(Br)c2)o1. The van der Waals surface area contributed by atoms with Gasteiger partial charge in [-0.3, -0.25) is 0 Å². The van der Waals surface area contributed by atoms with Gasteiger partial charge in [-0.05, 0) is 29.8 Å². The van der Waals surface area contributed by atoms with Crippen molar-refractivity contribution in [2.75, 3.05) is 5.73 Å². The van der Waals surface area contributed by atoms with Crippen LogP contribution in [-0.2, 0) is 6.42 Å². The topological polar surface area (TPSA) is 65.2 Å². The number of halogens is 1. The van der Waals surface area contributed by atoms with Crippen LogP contribution in [0.2, 0.25) is 0 Å². The Bertz CT molecular complexity index is 746. The molecule has 3 rings (SSSR count). The minimum Gasteiger partial charge on any atom is -0.458 e. The quantitative estimate of drug-likeness (QED) is 0.766. The molecule has 0 aliphatic carbocycles. The van der Waals surface area contributed by atoms with Crippen LogP contribution in [0.25, 0.3) is 22.6 Å². The second-order valence-corrected chi connectivity index (χ2v) is 5.32. The van der Waals surface area contributed by atoms with Gasteiger partial charge in [-0.1, -0.05) is 40.1 Å². The van der Waals surface area contributed by atoms with Crippen LogP contribution < -0.4 is 5.73 Å². The molecular formula is C15H13BrN2O2. The highest BCUT2D eigenvalue weighted by Gasteiger charge is 2.20. The molecule has 0 amide bonds. The summed E-state index contributed by atoms with van der Waals surface area (Å²) < 4.78 is 12.0. The fourth-order valence-corrected chi connectivity index (χ4v) is 2.48. The molecule has 2 aromatic heterocycles. The monoisotopic (exact) mass is 332 g/mol. The minimum atomic E-state index is 0.354. The van der Waals surface area contributed by atoms with Gasteiger partial charge in [0, 0.05) is 10.9 Å². The summed E-state index contributed by atoms with van der Waals surface area (Å²) in [4.78, 5) is 0. The first-order chi connectivity index (χ1) is 9.69. The molecule has 0 aliphatic rings. The van der Waals surface area contributed by atoms with E-state index < -0.39 is 0 Å². The van der Waals surface area contributed by atoms with E-state index in [-0.39, 0.29) is 0 Å². The van der Waals surface area contributed by atoms with Crippen molar-refractivity contribution in [2.24, 2.45) is 0 Å². The molecule has 0 saturated heterocycles. The van der Waals surface area contributed by atoms with Crippen molar-refractivity contribution in [1.29, 1.82) is 0 Å². The van der Waals surface area contributed by atoms with E-state index in [1.807, 2.05) is 43.3 Å². The van der Waals surface area contributed by atoms with E-state index in [0.29, 0.717) is 17.3 Å². The molecule has 0 aliphatic heterocycles. The van der Waals surface area contributed by atoms with Gasteiger partial charge in [-0.2, -0.15) is 0 Å². The molecule has 3 aromatic rings. The van der Waals surface area contributed by atoms with Crippen LogP contribution in [0.5, 0.6) is 0 Å². The zero-order chi connectivity index (χ0) is 14.1.